The second-order valence-corrected chi connectivity index (χ2v) is 17.4. The van der Waals surface area contributed by atoms with Gasteiger partial charge in [-0.1, -0.05) is 93.9 Å². The summed E-state index contributed by atoms with van der Waals surface area (Å²) in [6.45, 7) is 34.6. The molecule has 0 rings (SSSR count). The lowest BCUT2D eigenvalue weighted by Crippen LogP contribution is -2.28. The number of esters is 4. The predicted octanol–water partition coefficient (Wildman–Crippen LogP) is 10.7. The molecular weight excluding hydrogens is 961 g/mol. The fraction of sp³-hybridized carbons (Fsp3) is 0.929. The molecule has 5 unspecified atom stereocenters. The van der Waals surface area contributed by atoms with Crippen molar-refractivity contribution in [2.75, 3.05) is 121 Å². The lowest BCUT2D eigenvalue weighted by atomic mass is 10.3. The maximum absolute atomic E-state index is 10.8. The van der Waals surface area contributed by atoms with Crippen LogP contribution in [0.4, 0.5) is 0 Å². The molecule has 0 N–H and O–H groups in total. The highest BCUT2D eigenvalue weighted by atomic mass is 16.6. The van der Waals surface area contributed by atoms with Crippen molar-refractivity contribution < 1.29 is 85.5 Å². The van der Waals surface area contributed by atoms with Crippen LogP contribution < -0.4 is 0 Å². The van der Waals surface area contributed by atoms with Gasteiger partial charge in [0.05, 0.1) is 58.0 Å². The van der Waals surface area contributed by atoms with Crippen molar-refractivity contribution in [3.8, 4) is 0 Å². The topological polar surface area (TPSA) is 197 Å². The highest BCUT2D eigenvalue weighted by Gasteiger charge is 2.15. The molecule has 0 saturated carbocycles. The third-order valence-electron chi connectivity index (χ3n) is 9.40. The maximum Gasteiger partial charge on any atom is 0.303 e. The van der Waals surface area contributed by atoms with Crippen LogP contribution in [0, 0.1) is 0 Å². The number of carbonyl (C=O) groups is 4. The van der Waals surface area contributed by atoms with Gasteiger partial charge < -0.3 is 66.3 Å². The van der Waals surface area contributed by atoms with Crippen LogP contribution in [0.5, 0.6) is 0 Å². The Hall–Kier alpha value is -2.52. The van der Waals surface area contributed by atoms with Gasteiger partial charge in [-0.15, -0.1) is 0 Å². The number of ether oxygens (including phenoxy) is 14. The molecule has 0 radical (unpaired) electrons. The predicted molar refractivity (Wildman–Crippen MR) is 294 cm³/mol. The maximum atomic E-state index is 10.8. The molecule has 0 heterocycles. The van der Waals surface area contributed by atoms with E-state index in [9.17, 15) is 19.2 Å². The molecule has 0 fully saturated rings. The average molecular weight is 1080 g/mol. The smallest absolute Gasteiger partial charge is 0.303 e. The molecule has 0 bridgehead atoms. The average Bonchev–Trinajstić information content (AvgIpc) is 3.35. The van der Waals surface area contributed by atoms with E-state index in [-0.39, 0.29) is 43.5 Å². The van der Waals surface area contributed by atoms with Gasteiger partial charge in [-0.25, -0.2) is 0 Å². The normalized spacial score (nSPS) is 12.4. The van der Waals surface area contributed by atoms with Crippen molar-refractivity contribution in [3.05, 3.63) is 0 Å². The summed E-state index contributed by atoms with van der Waals surface area (Å²) in [4.78, 5) is 42.6. The highest BCUT2D eigenvalue weighted by molar-refractivity contribution is 5.67. The second kappa shape index (κ2) is 70.5. The van der Waals surface area contributed by atoms with Crippen LogP contribution in [0.25, 0.3) is 0 Å². The van der Waals surface area contributed by atoms with Gasteiger partial charge in [0.1, 0.15) is 25.4 Å². The van der Waals surface area contributed by atoms with Crippen molar-refractivity contribution in [1.82, 2.24) is 0 Å². The van der Waals surface area contributed by atoms with E-state index in [0.29, 0.717) is 58.5 Å². The lowest BCUT2D eigenvalue weighted by Gasteiger charge is -2.16. The monoisotopic (exact) mass is 1080 g/mol. The molecule has 0 amide bonds. The Morgan fingerprint density at radius 1 is 0.338 bits per heavy atom. The van der Waals surface area contributed by atoms with Crippen LogP contribution >= 0.6 is 0 Å². The molecule has 0 aliphatic rings. The summed E-state index contributed by atoms with van der Waals surface area (Å²) in [5, 5.41) is 0. The number of carbonyl (C=O) groups excluding carboxylic acids is 4. The Morgan fingerprint density at radius 3 is 0.919 bits per heavy atom. The standard InChI is InChI=1S/C11H20O5.C10H20O4.C10H20O3.C9H20O3.C9H20O2.C7H16O/c1-4-5-6-14-7-11(16-10(3)13)8-15-9(2)12;1-4-5-6-13-8-10(7-12-3)14-9(2)11;1-4-6-7-12-10(5-2)8-13-9(3)11;1-4-5-6-12-8-9(11-3)7-10-2;1-4-6-7-11-9(5-2)8-10-3;1-4-5-6-8-7(2)3/h11H,4-8H2,1-3H3;10H,4-8H2,1-3H3;10H,4-8H2,1-3H3;9H,4-8H2,1-3H3;9H,4-8H2,1-3H3;7H,4-6H2,1-3H3. The second-order valence-electron chi connectivity index (χ2n) is 17.4. The van der Waals surface area contributed by atoms with Crippen molar-refractivity contribution in [2.24, 2.45) is 0 Å². The van der Waals surface area contributed by atoms with E-state index < -0.39 is 18.0 Å². The van der Waals surface area contributed by atoms with Crippen molar-refractivity contribution >= 4 is 23.9 Å². The largest absolute Gasteiger partial charge is 0.463 e. The van der Waals surface area contributed by atoms with E-state index in [1.54, 1.807) is 28.4 Å². The molecule has 0 aliphatic heterocycles. The van der Waals surface area contributed by atoms with Crippen molar-refractivity contribution in [2.45, 2.75) is 223 Å². The first kappa shape index (κ1) is 82.8. The number of hydrogen-bond acceptors (Lipinski definition) is 18. The summed E-state index contributed by atoms with van der Waals surface area (Å²) >= 11 is 0. The minimum Gasteiger partial charge on any atom is -0.463 e. The summed E-state index contributed by atoms with van der Waals surface area (Å²) in [6.07, 6.45) is 15.3. The summed E-state index contributed by atoms with van der Waals surface area (Å²) in [6, 6.07) is 0. The summed E-state index contributed by atoms with van der Waals surface area (Å²) in [7, 11) is 6.62. The van der Waals surface area contributed by atoms with Crippen LogP contribution in [0.2, 0.25) is 0 Å². The molecule has 0 aromatic carbocycles. The Balaban J connectivity index is -0.000000189. The van der Waals surface area contributed by atoms with Gasteiger partial charge in [0.2, 0.25) is 0 Å². The fourth-order valence-electron chi connectivity index (χ4n) is 5.07. The molecule has 5 atom stereocenters. The van der Waals surface area contributed by atoms with Gasteiger partial charge in [0, 0.05) is 95.8 Å². The molecule has 74 heavy (non-hydrogen) atoms. The fourth-order valence-corrected chi connectivity index (χ4v) is 5.07. The molecule has 0 aromatic rings. The number of hydrogen-bond donors (Lipinski definition) is 0. The van der Waals surface area contributed by atoms with Gasteiger partial charge >= 0.3 is 23.9 Å². The Kier molecular flexibility index (Phi) is 78.9. The lowest BCUT2D eigenvalue weighted by molar-refractivity contribution is -0.159. The van der Waals surface area contributed by atoms with E-state index in [0.717, 1.165) is 97.2 Å². The highest BCUT2D eigenvalue weighted by Crippen LogP contribution is 2.03. The molecule has 18 heteroatoms. The van der Waals surface area contributed by atoms with E-state index in [4.69, 9.17) is 66.3 Å². The molecule has 0 aliphatic carbocycles. The van der Waals surface area contributed by atoms with Crippen LogP contribution in [-0.4, -0.2) is 181 Å². The zero-order chi connectivity index (χ0) is 57.5. The van der Waals surface area contributed by atoms with E-state index in [1.165, 1.54) is 53.4 Å². The minimum atomic E-state index is -0.516. The van der Waals surface area contributed by atoms with Gasteiger partial charge in [-0.05, 0) is 65.2 Å². The first-order valence-electron chi connectivity index (χ1n) is 27.6. The third-order valence-corrected chi connectivity index (χ3v) is 9.40. The molecule has 0 aromatic heterocycles. The van der Waals surface area contributed by atoms with Gasteiger partial charge in [0.25, 0.3) is 0 Å². The van der Waals surface area contributed by atoms with E-state index in [2.05, 4.69) is 62.3 Å². The Labute approximate surface area is 452 Å². The molecular formula is C56H116O18. The number of methoxy groups -OCH3 is 4. The molecule has 0 saturated heterocycles. The van der Waals surface area contributed by atoms with Crippen LogP contribution in [0.1, 0.15) is 187 Å². The SMILES string of the molecule is CCCCOC(C)C.CCCCOC(CC)COC.CCCCOC(CC)COC(C)=O.CCCCOCC(COC(C)=O)OC(C)=O.CCCCOCC(COC)OC.CCCCOCC(COC)OC(C)=O. The Morgan fingerprint density at radius 2 is 0.622 bits per heavy atom. The van der Waals surface area contributed by atoms with Gasteiger partial charge in [-0.3, -0.25) is 19.2 Å². The van der Waals surface area contributed by atoms with Gasteiger partial charge in [-0.2, -0.15) is 0 Å². The van der Waals surface area contributed by atoms with Crippen molar-refractivity contribution in [1.29, 1.82) is 0 Å². The summed E-state index contributed by atoms with van der Waals surface area (Å²) < 4.78 is 71.9. The van der Waals surface area contributed by atoms with E-state index >= 15 is 0 Å². The number of unbranched alkanes of at least 4 members (excludes halogenated alkanes) is 6. The Bertz CT molecular complexity index is 1120. The zero-order valence-corrected chi connectivity index (χ0v) is 50.6. The summed E-state index contributed by atoms with van der Waals surface area (Å²) in [5.74, 6) is -1.34. The van der Waals surface area contributed by atoms with Crippen LogP contribution in [0.15, 0.2) is 0 Å². The van der Waals surface area contributed by atoms with Crippen molar-refractivity contribution in [3.63, 3.8) is 0 Å². The van der Waals surface area contributed by atoms with E-state index in [1.807, 2.05) is 6.92 Å². The van der Waals surface area contributed by atoms with Gasteiger partial charge in [0.15, 0.2) is 6.10 Å². The zero-order valence-electron chi connectivity index (χ0n) is 50.6. The number of rotatable bonds is 42. The molecule has 0 spiro atoms. The first-order chi connectivity index (χ1) is 35.4. The summed E-state index contributed by atoms with van der Waals surface area (Å²) in [5.41, 5.74) is 0. The van der Waals surface area contributed by atoms with Crippen LogP contribution in [0.3, 0.4) is 0 Å². The van der Waals surface area contributed by atoms with Crippen LogP contribution in [-0.2, 0) is 85.5 Å². The molecule has 18 nitrogen and oxygen atoms in total. The third kappa shape index (κ3) is 80.9. The quantitative estimate of drug-likeness (QED) is 0.0317. The first-order valence-corrected chi connectivity index (χ1v) is 27.6. The molecule has 448 valence electrons. The minimum absolute atomic E-state index is 0.0427.